The summed E-state index contributed by atoms with van der Waals surface area (Å²) in [4.78, 5) is 5.24. The number of rotatable bonds is 4. The van der Waals surface area contributed by atoms with E-state index in [2.05, 4.69) is 15.7 Å². The van der Waals surface area contributed by atoms with Gasteiger partial charge in [0.05, 0.1) is 5.02 Å². The van der Waals surface area contributed by atoms with Gasteiger partial charge in [-0.2, -0.15) is 0 Å². The molecule has 1 N–H and O–H groups in total. The Bertz CT molecular complexity index is 481. The molecule has 0 saturated heterocycles. The van der Waals surface area contributed by atoms with Crippen molar-refractivity contribution in [2.75, 3.05) is 7.05 Å². The van der Waals surface area contributed by atoms with Gasteiger partial charge in [-0.1, -0.05) is 11.6 Å². The number of thiophene rings is 1. The van der Waals surface area contributed by atoms with Crippen LogP contribution in [-0.2, 0) is 6.42 Å². The summed E-state index contributed by atoms with van der Waals surface area (Å²) in [5.41, 5.74) is 2.42. The molecule has 0 aliphatic rings. The van der Waals surface area contributed by atoms with Gasteiger partial charge in [0.25, 0.3) is 0 Å². The average molecular weight is 267 g/mol. The third-order valence-electron chi connectivity index (χ3n) is 2.78. The zero-order valence-electron chi connectivity index (χ0n) is 9.90. The molecule has 2 aromatic rings. The van der Waals surface area contributed by atoms with Crippen LogP contribution in [0.4, 0.5) is 0 Å². The fourth-order valence-electron chi connectivity index (χ4n) is 1.77. The molecule has 2 nitrogen and oxygen atoms in total. The number of pyridine rings is 1. The molecule has 0 bridgehead atoms. The highest BCUT2D eigenvalue weighted by Crippen LogP contribution is 2.33. The molecule has 0 aliphatic carbocycles. The van der Waals surface area contributed by atoms with Crippen molar-refractivity contribution in [2.45, 2.75) is 19.4 Å². The lowest BCUT2D eigenvalue weighted by molar-refractivity contribution is 0.602. The third kappa shape index (κ3) is 2.86. The van der Waals surface area contributed by atoms with E-state index in [1.807, 2.05) is 38.5 Å². The lowest BCUT2D eigenvalue weighted by Gasteiger charge is -2.15. The Morgan fingerprint density at radius 3 is 2.65 bits per heavy atom. The topological polar surface area (TPSA) is 24.9 Å². The van der Waals surface area contributed by atoms with Gasteiger partial charge in [0.15, 0.2) is 0 Å². The van der Waals surface area contributed by atoms with Gasteiger partial charge in [-0.05, 0) is 49.0 Å². The van der Waals surface area contributed by atoms with Gasteiger partial charge < -0.3 is 5.32 Å². The highest BCUT2D eigenvalue weighted by atomic mass is 35.5. The SMILES string of the molecule is CNC(Cc1ccncc1)c1scc(C)c1Cl. The first-order chi connectivity index (χ1) is 8.22. The van der Waals surface area contributed by atoms with Crippen molar-refractivity contribution in [3.05, 3.63) is 50.9 Å². The quantitative estimate of drug-likeness (QED) is 0.915. The largest absolute Gasteiger partial charge is 0.312 e. The van der Waals surface area contributed by atoms with E-state index in [4.69, 9.17) is 11.6 Å². The minimum Gasteiger partial charge on any atom is -0.312 e. The van der Waals surface area contributed by atoms with Crippen LogP contribution in [0.1, 0.15) is 22.0 Å². The van der Waals surface area contributed by atoms with Crippen LogP contribution in [0.2, 0.25) is 5.02 Å². The first-order valence-corrected chi connectivity index (χ1v) is 6.77. The molecule has 1 atom stereocenters. The first-order valence-electron chi connectivity index (χ1n) is 5.52. The lowest BCUT2D eigenvalue weighted by atomic mass is 10.1. The van der Waals surface area contributed by atoms with Crippen LogP contribution in [-0.4, -0.2) is 12.0 Å². The van der Waals surface area contributed by atoms with Gasteiger partial charge in [0.1, 0.15) is 0 Å². The number of hydrogen-bond acceptors (Lipinski definition) is 3. The van der Waals surface area contributed by atoms with Gasteiger partial charge in [0, 0.05) is 23.3 Å². The highest BCUT2D eigenvalue weighted by Gasteiger charge is 2.16. The fraction of sp³-hybridized carbons (Fsp3) is 0.308. The van der Waals surface area contributed by atoms with Gasteiger partial charge in [-0.15, -0.1) is 11.3 Å². The van der Waals surface area contributed by atoms with Crippen LogP contribution in [0.15, 0.2) is 29.9 Å². The standard InChI is InChI=1S/C13H15ClN2S/c1-9-8-17-13(12(9)14)11(15-2)7-10-3-5-16-6-4-10/h3-6,8,11,15H,7H2,1-2H3. The number of hydrogen-bond donors (Lipinski definition) is 1. The maximum Gasteiger partial charge on any atom is 0.0590 e. The summed E-state index contributed by atoms with van der Waals surface area (Å²) in [6.07, 6.45) is 4.57. The summed E-state index contributed by atoms with van der Waals surface area (Å²) >= 11 is 8.02. The number of nitrogens with zero attached hydrogens (tertiary/aromatic N) is 1. The van der Waals surface area contributed by atoms with Crippen molar-refractivity contribution in [1.82, 2.24) is 10.3 Å². The maximum atomic E-state index is 6.31. The van der Waals surface area contributed by atoms with Crippen molar-refractivity contribution in [1.29, 1.82) is 0 Å². The van der Waals surface area contributed by atoms with Crippen LogP contribution < -0.4 is 5.32 Å². The lowest BCUT2D eigenvalue weighted by Crippen LogP contribution is -2.18. The predicted octanol–water partition coefficient (Wildman–Crippen LogP) is 3.61. The van der Waals surface area contributed by atoms with Crippen molar-refractivity contribution in [3.8, 4) is 0 Å². The molecular weight excluding hydrogens is 252 g/mol. The van der Waals surface area contributed by atoms with Crippen LogP contribution in [0.3, 0.4) is 0 Å². The number of aromatic nitrogens is 1. The molecule has 90 valence electrons. The van der Waals surface area contributed by atoms with E-state index >= 15 is 0 Å². The Balaban J connectivity index is 2.20. The molecule has 0 aliphatic heterocycles. The Morgan fingerprint density at radius 2 is 2.12 bits per heavy atom. The molecule has 0 fully saturated rings. The molecule has 2 rings (SSSR count). The molecule has 0 radical (unpaired) electrons. The molecule has 2 aromatic heterocycles. The van der Waals surface area contributed by atoms with Crippen LogP contribution in [0, 0.1) is 6.92 Å². The summed E-state index contributed by atoms with van der Waals surface area (Å²) in [6.45, 7) is 2.04. The Labute approximate surface area is 111 Å². The number of halogens is 1. The number of likely N-dealkylation sites (N-methyl/N-ethyl adjacent to an activating group) is 1. The van der Waals surface area contributed by atoms with Crippen LogP contribution in [0.5, 0.6) is 0 Å². The highest BCUT2D eigenvalue weighted by molar-refractivity contribution is 7.10. The summed E-state index contributed by atoms with van der Waals surface area (Å²) in [5, 5.41) is 6.32. The molecular formula is C13H15ClN2S. The Kier molecular flexibility index (Phi) is 4.15. The van der Waals surface area contributed by atoms with E-state index in [9.17, 15) is 0 Å². The molecule has 0 saturated carbocycles. The zero-order chi connectivity index (χ0) is 12.3. The smallest absolute Gasteiger partial charge is 0.0590 e. The minimum absolute atomic E-state index is 0.267. The molecule has 2 heterocycles. The monoisotopic (exact) mass is 266 g/mol. The maximum absolute atomic E-state index is 6.31. The van der Waals surface area contributed by atoms with Gasteiger partial charge >= 0.3 is 0 Å². The molecule has 1 unspecified atom stereocenters. The van der Waals surface area contributed by atoms with E-state index < -0.39 is 0 Å². The van der Waals surface area contributed by atoms with E-state index in [0.29, 0.717) is 0 Å². The zero-order valence-corrected chi connectivity index (χ0v) is 11.5. The van der Waals surface area contributed by atoms with Crippen molar-refractivity contribution < 1.29 is 0 Å². The van der Waals surface area contributed by atoms with E-state index in [1.165, 1.54) is 10.4 Å². The molecule has 0 spiro atoms. The number of aryl methyl sites for hydroxylation is 1. The van der Waals surface area contributed by atoms with E-state index in [1.54, 1.807) is 11.3 Å². The van der Waals surface area contributed by atoms with Crippen LogP contribution >= 0.6 is 22.9 Å². The Hall–Kier alpha value is -0.900. The van der Waals surface area contributed by atoms with Crippen molar-refractivity contribution in [2.24, 2.45) is 0 Å². The molecule has 0 amide bonds. The first kappa shape index (κ1) is 12.6. The minimum atomic E-state index is 0.267. The molecule has 17 heavy (non-hydrogen) atoms. The van der Waals surface area contributed by atoms with Crippen molar-refractivity contribution >= 4 is 22.9 Å². The second-order valence-electron chi connectivity index (χ2n) is 4.00. The fourth-order valence-corrected chi connectivity index (χ4v) is 3.20. The predicted molar refractivity (Wildman–Crippen MR) is 73.8 cm³/mol. The normalized spacial score (nSPS) is 12.6. The third-order valence-corrected chi connectivity index (χ3v) is 4.61. The van der Waals surface area contributed by atoms with Gasteiger partial charge in [-0.3, -0.25) is 4.98 Å². The second-order valence-corrected chi connectivity index (χ2v) is 5.29. The second kappa shape index (κ2) is 5.63. The summed E-state index contributed by atoms with van der Waals surface area (Å²) in [6, 6.07) is 4.35. The molecule has 0 aromatic carbocycles. The van der Waals surface area contributed by atoms with Gasteiger partial charge in [0.2, 0.25) is 0 Å². The number of nitrogens with one attached hydrogen (secondary N) is 1. The van der Waals surface area contributed by atoms with Crippen molar-refractivity contribution in [3.63, 3.8) is 0 Å². The summed E-state index contributed by atoms with van der Waals surface area (Å²) < 4.78 is 0. The summed E-state index contributed by atoms with van der Waals surface area (Å²) in [5.74, 6) is 0. The summed E-state index contributed by atoms with van der Waals surface area (Å²) in [7, 11) is 1.97. The van der Waals surface area contributed by atoms with Gasteiger partial charge in [-0.25, -0.2) is 0 Å². The molecule has 4 heteroatoms. The van der Waals surface area contributed by atoms with E-state index in [0.717, 1.165) is 17.0 Å². The average Bonchev–Trinajstić information content (AvgIpc) is 2.69. The van der Waals surface area contributed by atoms with E-state index in [-0.39, 0.29) is 6.04 Å². The Morgan fingerprint density at radius 1 is 1.41 bits per heavy atom. The van der Waals surface area contributed by atoms with Crippen LogP contribution in [0.25, 0.3) is 0 Å².